The minimum Gasteiger partial charge on any atom is -0.330 e. The van der Waals surface area contributed by atoms with Crippen molar-refractivity contribution >= 4 is 0 Å². The molecule has 1 saturated heterocycles. The Kier molecular flexibility index (Phi) is 3.10. The highest BCUT2D eigenvalue weighted by Crippen LogP contribution is 2.32. The van der Waals surface area contributed by atoms with Crippen LogP contribution >= 0.6 is 0 Å². The smallest absolute Gasteiger partial charge is 0.0192 e. The third-order valence-electron chi connectivity index (χ3n) is 4.14. The molecular formula is C11H23N3. The molecule has 3 atom stereocenters. The van der Waals surface area contributed by atoms with Crippen molar-refractivity contribution in [3.63, 3.8) is 0 Å². The Bertz CT molecular complexity index is 193. The summed E-state index contributed by atoms with van der Waals surface area (Å²) in [7, 11) is 2.23. The summed E-state index contributed by atoms with van der Waals surface area (Å²) in [5.74, 6) is 0.783. The number of piperazine rings is 1. The predicted molar refractivity (Wildman–Crippen MR) is 59.2 cm³/mol. The second-order valence-corrected chi connectivity index (χ2v) is 4.97. The van der Waals surface area contributed by atoms with Gasteiger partial charge in [-0.15, -0.1) is 0 Å². The van der Waals surface area contributed by atoms with Crippen LogP contribution in [-0.4, -0.2) is 55.1 Å². The van der Waals surface area contributed by atoms with Crippen molar-refractivity contribution in [2.75, 3.05) is 33.2 Å². The molecule has 0 aromatic carbocycles. The van der Waals surface area contributed by atoms with Gasteiger partial charge in [-0.1, -0.05) is 0 Å². The fourth-order valence-electron chi connectivity index (χ4n) is 2.68. The maximum absolute atomic E-state index is 5.76. The number of likely N-dealkylation sites (N-methyl/N-ethyl adjacent to an activating group) is 1. The first-order valence-corrected chi connectivity index (χ1v) is 5.86. The molecule has 2 aliphatic rings. The molecule has 0 aromatic rings. The largest absolute Gasteiger partial charge is 0.330 e. The van der Waals surface area contributed by atoms with E-state index in [1.165, 1.54) is 32.5 Å². The predicted octanol–water partition coefficient (Wildman–Crippen LogP) is 0.360. The van der Waals surface area contributed by atoms with Crippen LogP contribution in [0.3, 0.4) is 0 Å². The average Bonchev–Trinajstić information content (AvgIpc) is 2.10. The monoisotopic (exact) mass is 197 g/mol. The molecule has 2 fully saturated rings. The zero-order valence-electron chi connectivity index (χ0n) is 9.45. The van der Waals surface area contributed by atoms with Crippen LogP contribution in [0.4, 0.5) is 0 Å². The van der Waals surface area contributed by atoms with E-state index >= 15 is 0 Å². The van der Waals surface area contributed by atoms with Crippen LogP contribution in [0.15, 0.2) is 0 Å². The highest BCUT2D eigenvalue weighted by molar-refractivity contribution is 4.92. The highest BCUT2D eigenvalue weighted by Gasteiger charge is 2.36. The lowest BCUT2D eigenvalue weighted by atomic mass is 9.78. The molecular weight excluding hydrogens is 174 g/mol. The molecule has 0 amide bonds. The van der Waals surface area contributed by atoms with Crippen molar-refractivity contribution < 1.29 is 0 Å². The first kappa shape index (κ1) is 10.4. The van der Waals surface area contributed by atoms with E-state index in [-0.39, 0.29) is 0 Å². The summed E-state index contributed by atoms with van der Waals surface area (Å²) in [6, 6.07) is 1.51. The van der Waals surface area contributed by atoms with Crippen LogP contribution in [0.2, 0.25) is 0 Å². The molecule has 0 spiro atoms. The van der Waals surface area contributed by atoms with E-state index in [4.69, 9.17) is 5.73 Å². The van der Waals surface area contributed by atoms with E-state index in [0.717, 1.165) is 18.5 Å². The molecule has 82 valence electrons. The Hall–Kier alpha value is -0.120. The fraction of sp³-hybridized carbons (Fsp3) is 1.00. The number of nitrogens with two attached hydrogens (primary N) is 1. The molecule has 1 heterocycles. The second-order valence-electron chi connectivity index (χ2n) is 4.97. The lowest BCUT2D eigenvalue weighted by Crippen LogP contribution is -2.58. The molecule has 0 bridgehead atoms. The Labute approximate surface area is 87.2 Å². The molecule has 3 unspecified atom stereocenters. The van der Waals surface area contributed by atoms with E-state index < -0.39 is 0 Å². The van der Waals surface area contributed by atoms with Crippen molar-refractivity contribution in [2.45, 2.75) is 31.8 Å². The maximum Gasteiger partial charge on any atom is 0.0192 e. The van der Waals surface area contributed by atoms with Gasteiger partial charge in [0.1, 0.15) is 0 Å². The summed E-state index contributed by atoms with van der Waals surface area (Å²) in [6.07, 6.45) is 2.72. The van der Waals surface area contributed by atoms with Gasteiger partial charge in [0, 0.05) is 31.7 Å². The molecule has 3 heteroatoms. The molecule has 3 nitrogen and oxygen atoms in total. The van der Waals surface area contributed by atoms with Gasteiger partial charge >= 0.3 is 0 Å². The van der Waals surface area contributed by atoms with Gasteiger partial charge in [0.2, 0.25) is 0 Å². The van der Waals surface area contributed by atoms with E-state index in [9.17, 15) is 0 Å². The molecule has 14 heavy (non-hydrogen) atoms. The third kappa shape index (κ3) is 1.81. The number of hydrogen-bond donors (Lipinski definition) is 1. The minimum atomic E-state index is 0.711. The second kappa shape index (κ2) is 4.17. The Balaban J connectivity index is 1.87. The van der Waals surface area contributed by atoms with Crippen molar-refractivity contribution in [3.05, 3.63) is 0 Å². The van der Waals surface area contributed by atoms with Crippen LogP contribution < -0.4 is 5.73 Å². The van der Waals surface area contributed by atoms with E-state index in [1.807, 2.05) is 0 Å². The topological polar surface area (TPSA) is 32.5 Å². The van der Waals surface area contributed by atoms with Gasteiger partial charge < -0.3 is 10.6 Å². The van der Waals surface area contributed by atoms with Crippen LogP contribution in [0.1, 0.15) is 19.8 Å². The Morgan fingerprint density at radius 2 is 2.07 bits per heavy atom. The first-order chi connectivity index (χ1) is 6.72. The van der Waals surface area contributed by atoms with Crippen molar-refractivity contribution in [3.8, 4) is 0 Å². The summed E-state index contributed by atoms with van der Waals surface area (Å²) < 4.78 is 0. The van der Waals surface area contributed by atoms with Gasteiger partial charge in [-0.05, 0) is 39.3 Å². The third-order valence-corrected chi connectivity index (χ3v) is 4.14. The first-order valence-electron chi connectivity index (χ1n) is 5.86. The standard InChI is InChI=1S/C11H23N3/c1-9-8-14(6-5-13(9)2)11-4-3-10(11)7-12/h9-11H,3-8,12H2,1-2H3. The highest BCUT2D eigenvalue weighted by atomic mass is 15.3. The number of rotatable bonds is 2. The molecule has 1 saturated carbocycles. The van der Waals surface area contributed by atoms with Gasteiger partial charge in [0.25, 0.3) is 0 Å². The van der Waals surface area contributed by atoms with Crippen LogP contribution in [0, 0.1) is 5.92 Å². The maximum atomic E-state index is 5.76. The summed E-state index contributed by atoms with van der Waals surface area (Å²) >= 11 is 0. The van der Waals surface area contributed by atoms with Crippen LogP contribution in [0.25, 0.3) is 0 Å². The normalized spacial score (nSPS) is 40.9. The van der Waals surface area contributed by atoms with E-state index in [1.54, 1.807) is 0 Å². The summed E-state index contributed by atoms with van der Waals surface area (Å²) in [4.78, 5) is 5.11. The summed E-state index contributed by atoms with van der Waals surface area (Å²) in [6.45, 7) is 6.89. The SMILES string of the molecule is CC1CN(C2CCC2CN)CCN1C. The van der Waals surface area contributed by atoms with Gasteiger partial charge in [0.15, 0.2) is 0 Å². The van der Waals surface area contributed by atoms with Crippen molar-refractivity contribution in [2.24, 2.45) is 11.7 Å². The van der Waals surface area contributed by atoms with Gasteiger partial charge in [-0.2, -0.15) is 0 Å². The molecule has 1 aliphatic carbocycles. The number of nitrogens with zero attached hydrogens (tertiary/aromatic N) is 2. The molecule has 0 radical (unpaired) electrons. The van der Waals surface area contributed by atoms with Crippen molar-refractivity contribution in [1.29, 1.82) is 0 Å². The van der Waals surface area contributed by atoms with Gasteiger partial charge in [0.05, 0.1) is 0 Å². The van der Waals surface area contributed by atoms with Gasteiger partial charge in [-0.3, -0.25) is 4.90 Å². The van der Waals surface area contributed by atoms with Crippen LogP contribution in [-0.2, 0) is 0 Å². The zero-order chi connectivity index (χ0) is 10.1. The Morgan fingerprint density at radius 3 is 2.57 bits per heavy atom. The fourth-order valence-corrected chi connectivity index (χ4v) is 2.68. The summed E-state index contributed by atoms with van der Waals surface area (Å²) in [5.41, 5.74) is 5.76. The van der Waals surface area contributed by atoms with E-state index in [0.29, 0.717) is 6.04 Å². The molecule has 1 aliphatic heterocycles. The van der Waals surface area contributed by atoms with Gasteiger partial charge in [-0.25, -0.2) is 0 Å². The lowest BCUT2D eigenvalue weighted by molar-refractivity contribution is 0.00920. The molecule has 2 N–H and O–H groups in total. The quantitative estimate of drug-likeness (QED) is 0.694. The Morgan fingerprint density at radius 1 is 1.29 bits per heavy atom. The zero-order valence-corrected chi connectivity index (χ0v) is 9.45. The molecule has 2 rings (SSSR count). The van der Waals surface area contributed by atoms with Crippen molar-refractivity contribution in [1.82, 2.24) is 9.80 Å². The lowest BCUT2D eigenvalue weighted by Gasteiger charge is -2.48. The van der Waals surface area contributed by atoms with Crippen LogP contribution in [0.5, 0.6) is 0 Å². The minimum absolute atomic E-state index is 0.711. The summed E-state index contributed by atoms with van der Waals surface area (Å²) in [5, 5.41) is 0. The average molecular weight is 197 g/mol. The van der Waals surface area contributed by atoms with E-state index in [2.05, 4.69) is 23.8 Å². The molecule has 0 aromatic heterocycles. The number of hydrogen-bond acceptors (Lipinski definition) is 3.